The second-order valence-electron chi connectivity index (χ2n) is 5.07. The number of nitrogens with zero attached hydrogens (tertiary/aromatic N) is 2. The summed E-state index contributed by atoms with van der Waals surface area (Å²) >= 11 is 0. The van der Waals surface area contributed by atoms with Crippen molar-refractivity contribution < 1.29 is 14.3 Å². The Morgan fingerprint density at radius 2 is 1.57 bits per heavy atom. The van der Waals surface area contributed by atoms with Crippen LogP contribution in [0.15, 0.2) is 24.3 Å². The summed E-state index contributed by atoms with van der Waals surface area (Å²) in [5, 5.41) is 0. The zero-order valence-electron chi connectivity index (χ0n) is 12.2. The van der Waals surface area contributed by atoms with Gasteiger partial charge in [0.15, 0.2) is 6.61 Å². The minimum absolute atomic E-state index is 0.0183. The number of amides is 2. The van der Waals surface area contributed by atoms with Gasteiger partial charge in [0, 0.05) is 26.2 Å². The van der Waals surface area contributed by atoms with Crippen molar-refractivity contribution >= 4 is 11.8 Å². The van der Waals surface area contributed by atoms with Gasteiger partial charge in [-0.15, -0.1) is 0 Å². The van der Waals surface area contributed by atoms with Crippen LogP contribution in [-0.2, 0) is 9.59 Å². The van der Waals surface area contributed by atoms with E-state index in [2.05, 4.69) is 0 Å². The highest BCUT2D eigenvalue weighted by atomic mass is 16.5. The van der Waals surface area contributed by atoms with E-state index in [-0.39, 0.29) is 25.0 Å². The fourth-order valence-corrected chi connectivity index (χ4v) is 2.21. The van der Waals surface area contributed by atoms with Gasteiger partial charge in [-0.1, -0.05) is 17.7 Å². The van der Waals surface area contributed by atoms with Gasteiger partial charge >= 0.3 is 0 Å². The Balaban J connectivity index is 1.77. The van der Waals surface area contributed by atoms with Crippen molar-refractivity contribution in [1.82, 2.24) is 9.80 Å². The molecule has 114 valence electrons. The standard InChI is InChI=1S/C15H21N3O3/c1-12-2-4-13(5-3-12)21-11-15(20)18-8-6-17(7-9-18)14(19)10-16/h2-5H,6-11,16H2,1H3. The lowest BCUT2D eigenvalue weighted by atomic mass is 10.2. The van der Waals surface area contributed by atoms with E-state index in [1.165, 1.54) is 0 Å². The molecule has 2 N–H and O–H groups in total. The first kappa shape index (κ1) is 15.3. The number of carbonyl (C=O) groups excluding carboxylic acids is 2. The molecule has 0 unspecified atom stereocenters. The van der Waals surface area contributed by atoms with Gasteiger partial charge in [-0.2, -0.15) is 0 Å². The normalized spacial score (nSPS) is 15.0. The summed E-state index contributed by atoms with van der Waals surface area (Å²) < 4.78 is 5.48. The number of piperazine rings is 1. The number of hydrogen-bond donors (Lipinski definition) is 1. The molecular formula is C15H21N3O3. The molecule has 6 nitrogen and oxygen atoms in total. The van der Waals surface area contributed by atoms with Gasteiger partial charge in [0.25, 0.3) is 5.91 Å². The summed E-state index contributed by atoms with van der Waals surface area (Å²) in [6.07, 6.45) is 0. The largest absolute Gasteiger partial charge is 0.484 e. The van der Waals surface area contributed by atoms with Crippen LogP contribution in [0.3, 0.4) is 0 Å². The molecule has 2 rings (SSSR count). The Morgan fingerprint density at radius 3 is 2.10 bits per heavy atom. The molecule has 0 spiro atoms. The van der Waals surface area contributed by atoms with Crippen molar-refractivity contribution in [3.05, 3.63) is 29.8 Å². The summed E-state index contributed by atoms with van der Waals surface area (Å²) in [4.78, 5) is 26.9. The van der Waals surface area contributed by atoms with Crippen LogP contribution in [0.2, 0.25) is 0 Å². The van der Waals surface area contributed by atoms with Crippen LogP contribution in [0.1, 0.15) is 5.56 Å². The van der Waals surface area contributed by atoms with E-state index in [1.807, 2.05) is 31.2 Å². The molecule has 1 saturated heterocycles. The third kappa shape index (κ3) is 4.19. The average molecular weight is 291 g/mol. The molecule has 1 aromatic carbocycles. The predicted molar refractivity (Wildman–Crippen MR) is 78.9 cm³/mol. The van der Waals surface area contributed by atoms with Crippen molar-refractivity contribution in [3.8, 4) is 5.75 Å². The van der Waals surface area contributed by atoms with E-state index in [0.717, 1.165) is 5.56 Å². The SMILES string of the molecule is Cc1ccc(OCC(=O)N2CCN(C(=O)CN)CC2)cc1. The van der Waals surface area contributed by atoms with Crippen molar-refractivity contribution in [1.29, 1.82) is 0 Å². The number of ether oxygens (including phenoxy) is 1. The molecule has 0 radical (unpaired) electrons. The summed E-state index contributed by atoms with van der Waals surface area (Å²) in [5.41, 5.74) is 6.48. The van der Waals surface area contributed by atoms with E-state index < -0.39 is 0 Å². The highest BCUT2D eigenvalue weighted by molar-refractivity contribution is 5.80. The topological polar surface area (TPSA) is 75.9 Å². The molecule has 1 aliphatic rings. The molecule has 0 aliphatic carbocycles. The molecular weight excluding hydrogens is 270 g/mol. The van der Waals surface area contributed by atoms with Crippen LogP contribution >= 0.6 is 0 Å². The van der Waals surface area contributed by atoms with Gasteiger partial charge in [-0.25, -0.2) is 0 Å². The first-order valence-corrected chi connectivity index (χ1v) is 7.05. The maximum absolute atomic E-state index is 12.1. The fourth-order valence-electron chi connectivity index (χ4n) is 2.21. The first-order chi connectivity index (χ1) is 10.1. The van der Waals surface area contributed by atoms with E-state index in [0.29, 0.717) is 31.9 Å². The maximum Gasteiger partial charge on any atom is 0.260 e. The number of rotatable bonds is 4. The monoisotopic (exact) mass is 291 g/mol. The van der Waals surface area contributed by atoms with Gasteiger partial charge in [0.05, 0.1) is 6.54 Å². The number of nitrogens with two attached hydrogens (primary N) is 1. The molecule has 1 aliphatic heterocycles. The van der Waals surface area contributed by atoms with E-state index in [9.17, 15) is 9.59 Å². The number of hydrogen-bond acceptors (Lipinski definition) is 4. The zero-order chi connectivity index (χ0) is 15.2. The van der Waals surface area contributed by atoms with Gasteiger partial charge in [0.2, 0.25) is 5.91 Å². The number of carbonyl (C=O) groups is 2. The van der Waals surface area contributed by atoms with Gasteiger partial charge in [-0.3, -0.25) is 9.59 Å². The number of aryl methyl sites for hydroxylation is 1. The molecule has 21 heavy (non-hydrogen) atoms. The van der Waals surface area contributed by atoms with Gasteiger partial charge in [-0.05, 0) is 19.1 Å². The molecule has 2 amide bonds. The molecule has 6 heteroatoms. The Morgan fingerprint density at radius 1 is 1.05 bits per heavy atom. The molecule has 1 fully saturated rings. The van der Waals surface area contributed by atoms with Crippen LogP contribution in [0.25, 0.3) is 0 Å². The van der Waals surface area contributed by atoms with Crippen LogP contribution < -0.4 is 10.5 Å². The minimum atomic E-state index is -0.0713. The highest BCUT2D eigenvalue weighted by Gasteiger charge is 2.23. The third-order valence-corrected chi connectivity index (χ3v) is 3.54. The quantitative estimate of drug-likeness (QED) is 0.847. The van der Waals surface area contributed by atoms with Crippen molar-refractivity contribution in [2.24, 2.45) is 5.73 Å². The summed E-state index contributed by atoms with van der Waals surface area (Å²) in [7, 11) is 0. The lowest BCUT2D eigenvalue weighted by Crippen LogP contribution is -2.52. The smallest absolute Gasteiger partial charge is 0.260 e. The number of benzene rings is 1. The van der Waals surface area contributed by atoms with Crippen LogP contribution in [-0.4, -0.2) is 60.9 Å². The predicted octanol–water partition coefficient (Wildman–Crippen LogP) is 0.00332. The lowest BCUT2D eigenvalue weighted by molar-refractivity contribution is -0.140. The Labute approximate surface area is 124 Å². The van der Waals surface area contributed by atoms with E-state index >= 15 is 0 Å². The Kier molecular flexibility index (Phi) is 5.16. The molecule has 0 bridgehead atoms. The maximum atomic E-state index is 12.1. The van der Waals surface area contributed by atoms with E-state index in [4.69, 9.17) is 10.5 Å². The van der Waals surface area contributed by atoms with Gasteiger partial charge in [0.1, 0.15) is 5.75 Å². The second-order valence-corrected chi connectivity index (χ2v) is 5.07. The summed E-state index contributed by atoms with van der Waals surface area (Å²) in [6.45, 7) is 4.16. The third-order valence-electron chi connectivity index (χ3n) is 3.54. The molecule has 0 aromatic heterocycles. The Hall–Kier alpha value is -2.08. The summed E-state index contributed by atoms with van der Waals surface area (Å²) in [6, 6.07) is 7.58. The fraction of sp³-hybridized carbons (Fsp3) is 0.467. The Bertz CT molecular complexity index is 493. The van der Waals surface area contributed by atoms with Crippen LogP contribution in [0.4, 0.5) is 0 Å². The van der Waals surface area contributed by atoms with Crippen molar-refractivity contribution in [3.63, 3.8) is 0 Å². The molecule has 0 saturated carbocycles. The highest BCUT2D eigenvalue weighted by Crippen LogP contribution is 2.11. The van der Waals surface area contributed by atoms with Crippen molar-refractivity contribution in [2.45, 2.75) is 6.92 Å². The van der Waals surface area contributed by atoms with Gasteiger partial charge < -0.3 is 20.3 Å². The van der Waals surface area contributed by atoms with Crippen LogP contribution in [0, 0.1) is 6.92 Å². The first-order valence-electron chi connectivity index (χ1n) is 7.05. The average Bonchev–Trinajstić information content (AvgIpc) is 2.53. The van der Waals surface area contributed by atoms with Crippen molar-refractivity contribution in [2.75, 3.05) is 39.3 Å². The molecule has 0 atom stereocenters. The van der Waals surface area contributed by atoms with Crippen LogP contribution in [0.5, 0.6) is 5.75 Å². The molecule has 1 heterocycles. The second kappa shape index (κ2) is 7.08. The lowest BCUT2D eigenvalue weighted by Gasteiger charge is -2.34. The van der Waals surface area contributed by atoms with E-state index in [1.54, 1.807) is 9.80 Å². The zero-order valence-corrected chi connectivity index (χ0v) is 12.2. The molecule has 1 aromatic rings. The summed E-state index contributed by atoms with van der Waals surface area (Å²) in [5.74, 6) is 0.555. The minimum Gasteiger partial charge on any atom is -0.484 e.